The van der Waals surface area contributed by atoms with Gasteiger partial charge in [0.15, 0.2) is 0 Å². The van der Waals surface area contributed by atoms with E-state index in [1.807, 2.05) is 43.3 Å². The molecule has 0 saturated carbocycles. The molecular weight excluding hydrogens is 496 g/mol. The van der Waals surface area contributed by atoms with Gasteiger partial charge in [-0.15, -0.1) is 21.5 Å². The Kier molecular flexibility index (Phi) is 8.29. The van der Waals surface area contributed by atoms with Crippen LogP contribution in [0.3, 0.4) is 0 Å². The number of benzene rings is 2. The van der Waals surface area contributed by atoms with Crippen LogP contribution in [-0.4, -0.2) is 46.5 Å². The first-order valence-corrected chi connectivity index (χ1v) is 12.9. The number of para-hydroxylation sites is 1. The number of aryl methyl sites for hydroxylation is 1. The molecule has 0 radical (unpaired) electrons. The zero-order valence-electron chi connectivity index (χ0n) is 20.0. The van der Waals surface area contributed by atoms with Gasteiger partial charge in [0.1, 0.15) is 21.5 Å². The lowest BCUT2D eigenvalue weighted by molar-refractivity contribution is -0.113. The molecule has 2 heterocycles. The Morgan fingerprint density at radius 3 is 2.50 bits per heavy atom. The van der Waals surface area contributed by atoms with Crippen molar-refractivity contribution in [2.24, 2.45) is 0 Å². The molecule has 10 heteroatoms. The normalized spacial score (nSPS) is 10.6. The Labute approximate surface area is 217 Å². The Bertz CT molecular complexity index is 1360. The van der Waals surface area contributed by atoms with Crippen LogP contribution < -0.4 is 10.1 Å². The number of aromatic nitrogens is 3. The summed E-state index contributed by atoms with van der Waals surface area (Å²) in [5.74, 6) is 0.177. The second kappa shape index (κ2) is 11.8. The molecule has 0 spiro atoms. The van der Waals surface area contributed by atoms with Gasteiger partial charge < -0.3 is 14.8 Å². The number of rotatable bonds is 9. The lowest BCUT2D eigenvalue weighted by Crippen LogP contribution is -2.17. The van der Waals surface area contributed by atoms with Gasteiger partial charge in [0.25, 0.3) is 0 Å². The Balaban J connectivity index is 1.39. The Morgan fingerprint density at radius 1 is 1.03 bits per heavy atom. The fraction of sp³-hybridized carbons (Fsp3) is 0.192. The summed E-state index contributed by atoms with van der Waals surface area (Å²) in [6, 6.07) is 18.2. The average molecular weight is 521 g/mol. The van der Waals surface area contributed by atoms with E-state index in [2.05, 4.69) is 20.5 Å². The minimum atomic E-state index is -0.476. The highest BCUT2D eigenvalue weighted by Crippen LogP contribution is 2.35. The highest BCUT2D eigenvalue weighted by molar-refractivity contribution is 7.99. The summed E-state index contributed by atoms with van der Waals surface area (Å²) >= 11 is 2.81. The van der Waals surface area contributed by atoms with Crippen molar-refractivity contribution in [1.29, 1.82) is 0 Å². The van der Waals surface area contributed by atoms with Crippen LogP contribution >= 0.6 is 23.1 Å². The summed E-state index contributed by atoms with van der Waals surface area (Å²) < 4.78 is 10.3. The van der Waals surface area contributed by atoms with E-state index in [4.69, 9.17) is 9.47 Å². The molecule has 0 unspecified atom stereocenters. The molecule has 4 rings (SSSR count). The van der Waals surface area contributed by atoms with Crippen molar-refractivity contribution < 1.29 is 19.1 Å². The smallest absolute Gasteiger partial charge is 0.340 e. The van der Waals surface area contributed by atoms with Crippen molar-refractivity contribution in [3.8, 4) is 26.9 Å². The first-order chi connectivity index (χ1) is 17.5. The van der Waals surface area contributed by atoms with Crippen molar-refractivity contribution in [2.75, 3.05) is 24.8 Å². The molecule has 0 aliphatic heterocycles. The van der Waals surface area contributed by atoms with Gasteiger partial charge in [0.2, 0.25) is 5.91 Å². The SMILES string of the molecule is CCOC(=O)c1ccccc1NC(=O)CSc1ccc(-c2sc(-c3ccc(OC)cc3)nc2C)nn1. The number of thiazole rings is 1. The van der Waals surface area contributed by atoms with Crippen LogP contribution in [0.2, 0.25) is 0 Å². The molecule has 0 bridgehead atoms. The monoisotopic (exact) mass is 520 g/mol. The summed E-state index contributed by atoms with van der Waals surface area (Å²) in [6.07, 6.45) is 0. The summed E-state index contributed by atoms with van der Waals surface area (Å²) in [5, 5.41) is 12.9. The van der Waals surface area contributed by atoms with Gasteiger partial charge in [-0.2, -0.15) is 0 Å². The molecule has 184 valence electrons. The minimum Gasteiger partial charge on any atom is -0.497 e. The van der Waals surface area contributed by atoms with Crippen molar-refractivity contribution in [3.05, 3.63) is 71.9 Å². The van der Waals surface area contributed by atoms with Crippen LogP contribution in [0, 0.1) is 6.92 Å². The van der Waals surface area contributed by atoms with E-state index in [0.29, 0.717) is 16.3 Å². The van der Waals surface area contributed by atoms with Crippen LogP contribution in [0.4, 0.5) is 5.69 Å². The molecule has 4 aromatic rings. The third-order valence-corrected chi connectivity index (χ3v) is 7.20. The first kappa shape index (κ1) is 25.3. The third-order valence-electron chi connectivity index (χ3n) is 5.05. The molecule has 0 saturated heterocycles. The van der Waals surface area contributed by atoms with Crippen molar-refractivity contribution in [2.45, 2.75) is 18.9 Å². The van der Waals surface area contributed by atoms with E-state index in [1.54, 1.807) is 49.6 Å². The lowest BCUT2D eigenvalue weighted by Gasteiger charge is -2.10. The second-order valence-corrected chi connectivity index (χ2v) is 9.52. The zero-order valence-corrected chi connectivity index (χ0v) is 21.6. The number of methoxy groups -OCH3 is 1. The molecule has 1 amide bonds. The second-order valence-electron chi connectivity index (χ2n) is 7.52. The van der Waals surface area contributed by atoms with Gasteiger partial charge >= 0.3 is 5.97 Å². The fourth-order valence-electron chi connectivity index (χ4n) is 3.31. The van der Waals surface area contributed by atoms with Crippen LogP contribution in [0.25, 0.3) is 21.1 Å². The van der Waals surface area contributed by atoms with E-state index in [1.165, 1.54) is 11.8 Å². The maximum absolute atomic E-state index is 12.5. The number of amides is 1. The highest BCUT2D eigenvalue weighted by atomic mass is 32.2. The van der Waals surface area contributed by atoms with Crippen molar-refractivity contribution >= 4 is 40.7 Å². The number of esters is 1. The summed E-state index contributed by atoms with van der Waals surface area (Å²) in [6.45, 7) is 3.94. The van der Waals surface area contributed by atoms with E-state index in [-0.39, 0.29) is 18.3 Å². The predicted molar refractivity (Wildman–Crippen MR) is 142 cm³/mol. The largest absolute Gasteiger partial charge is 0.497 e. The average Bonchev–Trinajstić information content (AvgIpc) is 3.29. The molecule has 0 aliphatic rings. The van der Waals surface area contributed by atoms with E-state index in [0.717, 1.165) is 32.6 Å². The number of nitrogens with one attached hydrogen (secondary N) is 1. The van der Waals surface area contributed by atoms with Crippen LogP contribution in [0.15, 0.2) is 65.7 Å². The highest BCUT2D eigenvalue weighted by Gasteiger charge is 2.16. The van der Waals surface area contributed by atoms with Crippen molar-refractivity contribution in [3.63, 3.8) is 0 Å². The molecule has 0 atom stereocenters. The van der Waals surface area contributed by atoms with Gasteiger partial charge in [-0.25, -0.2) is 9.78 Å². The first-order valence-electron chi connectivity index (χ1n) is 11.1. The Hall–Kier alpha value is -3.76. The number of hydrogen-bond donors (Lipinski definition) is 1. The standard InChI is InChI=1S/C26H24N4O4S2/c1-4-34-26(32)19-7-5-6-8-20(19)28-22(31)15-35-23-14-13-21(29-30-23)24-16(2)27-25(36-24)17-9-11-18(33-3)12-10-17/h5-14H,4,15H2,1-3H3,(H,28,31). The van der Waals surface area contributed by atoms with E-state index >= 15 is 0 Å². The number of carbonyl (C=O) groups excluding carboxylic acids is 2. The van der Waals surface area contributed by atoms with E-state index in [9.17, 15) is 9.59 Å². The zero-order chi connectivity index (χ0) is 25.5. The fourth-order valence-corrected chi connectivity index (χ4v) is 4.96. The molecular formula is C26H24N4O4S2. The topological polar surface area (TPSA) is 103 Å². The number of carbonyl (C=O) groups is 2. The minimum absolute atomic E-state index is 0.117. The number of thioether (sulfide) groups is 1. The number of ether oxygens (including phenoxy) is 2. The lowest BCUT2D eigenvalue weighted by atomic mass is 10.2. The number of anilines is 1. The number of hydrogen-bond acceptors (Lipinski definition) is 9. The van der Waals surface area contributed by atoms with Crippen LogP contribution in [0.1, 0.15) is 23.0 Å². The molecule has 1 N–H and O–H groups in total. The quantitative estimate of drug-likeness (QED) is 0.228. The van der Waals surface area contributed by atoms with Gasteiger partial charge in [-0.3, -0.25) is 4.79 Å². The van der Waals surface area contributed by atoms with Gasteiger partial charge in [0, 0.05) is 5.56 Å². The van der Waals surface area contributed by atoms with Gasteiger partial charge in [-0.05, 0) is 62.4 Å². The summed E-state index contributed by atoms with van der Waals surface area (Å²) in [5.41, 5.74) is 3.33. The van der Waals surface area contributed by atoms with Gasteiger partial charge in [-0.1, -0.05) is 23.9 Å². The summed E-state index contributed by atoms with van der Waals surface area (Å²) in [7, 11) is 1.64. The Morgan fingerprint density at radius 2 is 1.81 bits per heavy atom. The summed E-state index contributed by atoms with van der Waals surface area (Å²) in [4.78, 5) is 30.2. The van der Waals surface area contributed by atoms with Gasteiger partial charge in [0.05, 0.1) is 41.3 Å². The molecule has 0 aliphatic carbocycles. The molecule has 2 aromatic carbocycles. The van der Waals surface area contributed by atoms with E-state index < -0.39 is 5.97 Å². The maximum Gasteiger partial charge on any atom is 0.340 e. The van der Waals surface area contributed by atoms with Crippen molar-refractivity contribution in [1.82, 2.24) is 15.2 Å². The molecule has 0 fully saturated rings. The predicted octanol–water partition coefficient (Wildman–Crippen LogP) is 5.49. The molecule has 2 aromatic heterocycles. The molecule has 36 heavy (non-hydrogen) atoms. The maximum atomic E-state index is 12.5. The third kappa shape index (κ3) is 6.07. The molecule has 8 nitrogen and oxygen atoms in total. The van der Waals surface area contributed by atoms with Crippen LogP contribution in [-0.2, 0) is 9.53 Å². The van der Waals surface area contributed by atoms with Crippen LogP contribution in [0.5, 0.6) is 5.75 Å². The number of nitrogens with zero attached hydrogens (tertiary/aromatic N) is 3.